The van der Waals surface area contributed by atoms with Crippen LogP contribution in [0.15, 0.2) is 24.3 Å². The predicted molar refractivity (Wildman–Crippen MR) is 79.4 cm³/mol. The van der Waals surface area contributed by atoms with Crippen molar-refractivity contribution < 1.29 is 9.90 Å². The van der Waals surface area contributed by atoms with Gasteiger partial charge in [-0.3, -0.25) is 4.79 Å². The van der Waals surface area contributed by atoms with E-state index in [1.165, 1.54) is 6.42 Å². The van der Waals surface area contributed by atoms with Gasteiger partial charge in [-0.15, -0.1) is 0 Å². The summed E-state index contributed by atoms with van der Waals surface area (Å²) in [7, 11) is 0. The summed E-state index contributed by atoms with van der Waals surface area (Å²) >= 11 is 0. The standard InChI is InChI=1S/C16H24N2O2/c17-12-16(9-2-1-3-10-16)15(20)18-11-8-13-4-6-14(19)7-5-13/h4-7,19H,1-3,8-12,17H2,(H,18,20). The third kappa shape index (κ3) is 3.51. The number of aromatic hydroxyl groups is 1. The number of rotatable bonds is 5. The average molecular weight is 276 g/mol. The highest BCUT2D eigenvalue weighted by molar-refractivity contribution is 5.83. The number of phenols is 1. The summed E-state index contributed by atoms with van der Waals surface area (Å²) in [4.78, 5) is 12.4. The third-order valence-electron chi connectivity index (χ3n) is 4.32. The van der Waals surface area contributed by atoms with Gasteiger partial charge in [-0.25, -0.2) is 0 Å². The Morgan fingerprint density at radius 3 is 2.45 bits per heavy atom. The van der Waals surface area contributed by atoms with Crippen LogP contribution in [-0.4, -0.2) is 24.1 Å². The Kier molecular flexibility index (Phi) is 5.01. The van der Waals surface area contributed by atoms with Crippen LogP contribution in [0.1, 0.15) is 37.7 Å². The molecule has 0 saturated heterocycles. The average Bonchev–Trinajstić information content (AvgIpc) is 2.50. The highest BCUT2D eigenvalue weighted by Crippen LogP contribution is 2.35. The maximum Gasteiger partial charge on any atom is 0.227 e. The highest BCUT2D eigenvalue weighted by atomic mass is 16.3. The van der Waals surface area contributed by atoms with Gasteiger partial charge in [0.25, 0.3) is 0 Å². The first-order chi connectivity index (χ1) is 9.66. The van der Waals surface area contributed by atoms with Crippen molar-refractivity contribution in [2.24, 2.45) is 11.1 Å². The SMILES string of the molecule is NCC1(C(=O)NCCc2ccc(O)cc2)CCCCC1. The van der Waals surface area contributed by atoms with Crippen molar-refractivity contribution in [2.45, 2.75) is 38.5 Å². The molecule has 0 bridgehead atoms. The Bertz CT molecular complexity index is 436. The molecule has 1 aliphatic carbocycles. The number of nitrogens with two attached hydrogens (primary N) is 1. The molecule has 0 unspecified atom stereocenters. The maximum absolute atomic E-state index is 12.4. The summed E-state index contributed by atoms with van der Waals surface area (Å²) in [5, 5.41) is 12.2. The zero-order valence-corrected chi connectivity index (χ0v) is 11.9. The van der Waals surface area contributed by atoms with E-state index < -0.39 is 0 Å². The largest absolute Gasteiger partial charge is 0.508 e. The molecule has 20 heavy (non-hydrogen) atoms. The number of phenolic OH excluding ortho intramolecular Hbond substituents is 1. The topological polar surface area (TPSA) is 75.4 Å². The fourth-order valence-electron chi connectivity index (χ4n) is 2.92. The summed E-state index contributed by atoms with van der Waals surface area (Å²) in [6, 6.07) is 7.08. The Labute approximate surface area is 120 Å². The van der Waals surface area contributed by atoms with Crippen LogP contribution in [0.25, 0.3) is 0 Å². The molecule has 110 valence electrons. The Balaban J connectivity index is 1.83. The number of carbonyl (C=O) groups is 1. The van der Waals surface area contributed by atoms with Crippen molar-refractivity contribution in [3.05, 3.63) is 29.8 Å². The molecule has 4 nitrogen and oxygen atoms in total. The van der Waals surface area contributed by atoms with Gasteiger partial charge in [0.15, 0.2) is 0 Å². The predicted octanol–water partition coefficient (Wildman–Crippen LogP) is 1.96. The van der Waals surface area contributed by atoms with Gasteiger partial charge in [-0.05, 0) is 37.0 Å². The lowest BCUT2D eigenvalue weighted by atomic mass is 9.73. The van der Waals surface area contributed by atoms with Crippen molar-refractivity contribution in [2.75, 3.05) is 13.1 Å². The molecule has 0 spiro atoms. The van der Waals surface area contributed by atoms with E-state index >= 15 is 0 Å². The second kappa shape index (κ2) is 6.75. The van der Waals surface area contributed by atoms with E-state index in [1.807, 2.05) is 12.1 Å². The lowest BCUT2D eigenvalue weighted by Crippen LogP contribution is -2.47. The van der Waals surface area contributed by atoms with Crippen LogP contribution in [0, 0.1) is 5.41 Å². The molecule has 0 heterocycles. The van der Waals surface area contributed by atoms with Crippen LogP contribution in [-0.2, 0) is 11.2 Å². The number of benzene rings is 1. The van der Waals surface area contributed by atoms with Crippen molar-refractivity contribution in [1.29, 1.82) is 0 Å². The third-order valence-corrected chi connectivity index (χ3v) is 4.32. The van der Waals surface area contributed by atoms with Crippen molar-refractivity contribution >= 4 is 5.91 Å². The van der Waals surface area contributed by atoms with Gasteiger partial charge in [0.2, 0.25) is 5.91 Å². The fourth-order valence-corrected chi connectivity index (χ4v) is 2.92. The molecule has 4 N–H and O–H groups in total. The van der Waals surface area contributed by atoms with Crippen LogP contribution in [0.5, 0.6) is 5.75 Å². The van der Waals surface area contributed by atoms with Gasteiger partial charge >= 0.3 is 0 Å². The van der Waals surface area contributed by atoms with Crippen LogP contribution in [0.4, 0.5) is 0 Å². The lowest BCUT2D eigenvalue weighted by molar-refractivity contribution is -0.132. The first-order valence-corrected chi connectivity index (χ1v) is 7.43. The summed E-state index contributed by atoms with van der Waals surface area (Å²) in [6.07, 6.45) is 6.00. The van der Waals surface area contributed by atoms with Gasteiger partial charge in [0.1, 0.15) is 5.75 Å². The van der Waals surface area contributed by atoms with E-state index in [-0.39, 0.29) is 17.1 Å². The lowest BCUT2D eigenvalue weighted by Gasteiger charge is -2.34. The Morgan fingerprint density at radius 2 is 1.85 bits per heavy atom. The molecule has 0 aromatic heterocycles. The highest BCUT2D eigenvalue weighted by Gasteiger charge is 2.37. The van der Waals surface area contributed by atoms with E-state index in [1.54, 1.807) is 12.1 Å². The van der Waals surface area contributed by atoms with Gasteiger partial charge < -0.3 is 16.2 Å². The molecule has 1 aromatic rings. The minimum Gasteiger partial charge on any atom is -0.508 e. The molecular weight excluding hydrogens is 252 g/mol. The number of carbonyl (C=O) groups excluding carboxylic acids is 1. The molecule has 1 aromatic carbocycles. The second-order valence-electron chi connectivity index (χ2n) is 5.72. The minimum absolute atomic E-state index is 0.110. The second-order valence-corrected chi connectivity index (χ2v) is 5.72. The van der Waals surface area contributed by atoms with Crippen LogP contribution >= 0.6 is 0 Å². The first kappa shape index (κ1) is 14.9. The van der Waals surface area contributed by atoms with Gasteiger partial charge in [0, 0.05) is 13.1 Å². The van der Waals surface area contributed by atoms with Gasteiger partial charge in [0.05, 0.1) is 5.41 Å². The monoisotopic (exact) mass is 276 g/mol. The minimum atomic E-state index is -0.340. The van der Waals surface area contributed by atoms with Crippen molar-refractivity contribution in [3.8, 4) is 5.75 Å². The molecule has 0 atom stereocenters. The smallest absolute Gasteiger partial charge is 0.227 e. The molecular formula is C16H24N2O2. The Hall–Kier alpha value is -1.55. The Morgan fingerprint density at radius 1 is 1.20 bits per heavy atom. The molecule has 1 saturated carbocycles. The number of hydrogen-bond donors (Lipinski definition) is 3. The first-order valence-electron chi connectivity index (χ1n) is 7.43. The number of amides is 1. The normalized spacial score (nSPS) is 17.6. The van der Waals surface area contributed by atoms with Crippen molar-refractivity contribution in [1.82, 2.24) is 5.32 Å². The molecule has 0 radical (unpaired) electrons. The number of nitrogens with one attached hydrogen (secondary N) is 1. The quantitative estimate of drug-likeness (QED) is 0.769. The summed E-state index contributed by atoms with van der Waals surface area (Å²) in [5.41, 5.74) is 6.62. The van der Waals surface area contributed by atoms with E-state index in [4.69, 9.17) is 5.73 Å². The summed E-state index contributed by atoms with van der Waals surface area (Å²) in [6.45, 7) is 1.06. The van der Waals surface area contributed by atoms with E-state index in [0.29, 0.717) is 13.1 Å². The van der Waals surface area contributed by atoms with E-state index in [9.17, 15) is 9.90 Å². The zero-order valence-electron chi connectivity index (χ0n) is 11.9. The fraction of sp³-hybridized carbons (Fsp3) is 0.562. The van der Waals surface area contributed by atoms with E-state index in [0.717, 1.165) is 37.7 Å². The van der Waals surface area contributed by atoms with Crippen molar-refractivity contribution in [3.63, 3.8) is 0 Å². The molecule has 0 aliphatic heterocycles. The number of hydrogen-bond acceptors (Lipinski definition) is 3. The van der Waals surface area contributed by atoms with E-state index in [2.05, 4.69) is 5.32 Å². The summed E-state index contributed by atoms with van der Waals surface area (Å²) in [5.74, 6) is 0.376. The van der Waals surface area contributed by atoms with Crippen LogP contribution in [0.2, 0.25) is 0 Å². The molecule has 1 aliphatic rings. The molecule has 1 amide bonds. The molecule has 2 rings (SSSR count). The zero-order chi connectivity index (χ0) is 14.4. The molecule has 1 fully saturated rings. The van der Waals surface area contributed by atoms with Crippen LogP contribution < -0.4 is 11.1 Å². The van der Waals surface area contributed by atoms with Gasteiger partial charge in [-0.1, -0.05) is 31.4 Å². The summed E-state index contributed by atoms with van der Waals surface area (Å²) < 4.78 is 0. The maximum atomic E-state index is 12.4. The van der Waals surface area contributed by atoms with Gasteiger partial charge in [-0.2, -0.15) is 0 Å². The van der Waals surface area contributed by atoms with Crippen LogP contribution in [0.3, 0.4) is 0 Å². The molecule has 4 heteroatoms.